The quantitative estimate of drug-likeness (QED) is 0.518. The molecule has 2 aliphatic rings. The van der Waals surface area contributed by atoms with Crippen molar-refractivity contribution in [2.45, 2.75) is 31.7 Å². The Morgan fingerprint density at radius 3 is 2.55 bits per heavy atom. The van der Waals surface area contributed by atoms with Gasteiger partial charge in [0, 0.05) is 32.2 Å². The highest BCUT2D eigenvalue weighted by molar-refractivity contribution is 7.09. The van der Waals surface area contributed by atoms with E-state index in [1.54, 1.807) is 0 Å². The van der Waals surface area contributed by atoms with Crippen LogP contribution in [0.3, 0.4) is 0 Å². The largest absolute Gasteiger partial charge is 0.395 e. The molecule has 10 nitrogen and oxygen atoms in total. The summed E-state index contributed by atoms with van der Waals surface area (Å²) in [5.41, 5.74) is 11.0. The Hall–Kier alpha value is -2.24. The number of anilines is 1. The van der Waals surface area contributed by atoms with Crippen LogP contribution in [-0.4, -0.2) is 83.9 Å². The molecule has 3 amide bonds. The van der Waals surface area contributed by atoms with Gasteiger partial charge in [-0.25, -0.2) is 0 Å². The molecule has 1 aromatic heterocycles. The molecular weight excluding hydrogens is 396 g/mol. The molecule has 11 heteroatoms. The molecule has 0 spiro atoms. The van der Waals surface area contributed by atoms with E-state index < -0.39 is 11.8 Å². The highest BCUT2D eigenvalue weighted by Crippen LogP contribution is 2.23. The number of carbonyl (C=O) groups excluding carboxylic acids is 3. The highest BCUT2D eigenvalue weighted by Gasteiger charge is 2.27. The second kappa shape index (κ2) is 9.99. The number of hydrogen-bond acceptors (Lipinski definition) is 8. The van der Waals surface area contributed by atoms with E-state index in [0.29, 0.717) is 26.3 Å². The van der Waals surface area contributed by atoms with Crippen molar-refractivity contribution in [3.63, 3.8) is 0 Å². The van der Waals surface area contributed by atoms with Gasteiger partial charge >= 0.3 is 0 Å². The maximum Gasteiger partial charge on any atom is 0.270 e. The lowest BCUT2D eigenvalue weighted by Crippen LogP contribution is -2.47. The van der Waals surface area contributed by atoms with Crippen LogP contribution in [0.15, 0.2) is 0 Å². The Morgan fingerprint density at radius 1 is 1.24 bits per heavy atom. The zero-order valence-corrected chi connectivity index (χ0v) is 17.2. The molecule has 0 aromatic carbocycles. The fourth-order valence-electron chi connectivity index (χ4n) is 3.63. The Balaban J connectivity index is 1.68. The van der Waals surface area contributed by atoms with Crippen molar-refractivity contribution < 1.29 is 19.1 Å². The number of amides is 3. The van der Waals surface area contributed by atoms with Crippen LogP contribution in [0.5, 0.6) is 0 Å². The molecular formula is C18H28N6O4S. The van der Waals surface area contributed by atoms with Gasteiger partial charge in [0.05, 0.1) is 25.4 Å². The number of hydrogen-bond donors (Lipinski definition) is 3. The zero-order chi connectivity index (χ0) is 20.8. The number of nitrogens with one attached hydrogen (secondary N) is 1. The number of nitrogens with two attached hydrogens (primary N) is 2. The molecule has 0 unspecified atom stereocenters. The summed E-state index contributed by atoms with van der Waals surface area (Å²) in [5, 5.41) is 3.01. The van der Waals surface area contributed by atoms with E-state index in [0.717, 1.165) is 50.3 Å². The van der Waals surface area contributed by atoms with Gasteiger partial charge in [-0.05, 0) is 24.4 Å². The second-order valence-electron chi connectivity index (χ2n) is 7.37. The summed E-state index contributed by atoms with van der Waals surface area (Å²) in [6, 6.07) is 0.175. The van der Waals surface area contributed by atoms with Crippen LogP contribution in [0, 0.1) is 0 Å². The number of nitrogen functional groups attached to an aromatic ring is 1. The second-order valence-corrected chi connectivity index (χ2v) is 8.14. The standard InChI is InChI=1S/C18H28N6O4S/c19-14-15(17(20)26)22-29-16(14)18(27)24(6-5-23-7-9-28-10-8-23)11-13(25)21-12-3-1-2-4-12/h12H,1-11,19H2,(H2,20,26)(H,21,25). The Bertz CT molecular complexity index is 743. The molecule has 1 saturated heterocycles. The van der Waals surface area contributed by atoms with E-state index in [9.17, 15) is 14.4 Å². The minimum absolute atomic E-state index is 0.0277. The van der Waals surface area contributed by atoms with Crippen molar-refractivity contribution in [2.75, 3.05) is 51.7 Å². The number of rotatable bonds is 8. The van der Waals surface area contributed by atoms with Crippen LogP contribution < -0.4 is 16.8 Å². The first-order valence-corrected chi connectivity index (χ1v) is 10.7. The van der Waals surface area contributed by atoms with Crippen molar-refractivity contribution >= 4 is 34.9 Å². The number of morpholine rings is 1. The van der Waals surface area contributed by atoms with Gasteiger partial charge in [-0.15, -0.1) is 0 Å². The molecule has 0 bridgehead atoms. The van der Waals surface area contributed by atoms with Gasteiger partial charge in [0.15, 0.2) is 5.69 Å². The topological polar surface area (TPSA) is 144 Å². The Morgan fingerprint density at radius 2 is 1.93 bits per heavy atom. The number of ether oxygens (including phenoxy) is 1. The summed E-state index contributed by atoms with van der Waals surface area (Å²) < 4.78 is 9.25. The molecule has 3 rings (SSSR count). The van der Waals surface area contributed by atoms with Crippen molar-refractivity contribution in [1.29, 1.82) is 0 Å². The fraction of sp³-hybridized carbons (Fsp3) is 0.667. The van der Waals surface area contributed by atoms with Crippen LogP contribution in [0.4, 0.5) is 5.69 Å². The number of carbonyl (C=O) groups is 3. The first-order chi connectivity index (χ1) is 14.0. The average molecular weight is 425 g/mol. The lowest BCUT2D eigenvalue weighted by Gasteiger charge is -2.30. The molecule has 1 aliphatic carbocycles. The maximum atomic E-state index is 13.1. The Labute approximate surface area is 173 Å². The Kier molecular flexibility index (Phi) is 7.40. The van der Waals surface area contributed by atoms with Crippen molar-refractivity contribution in [2.24, 2.45) is 5.73 Å². The summed E-state index contributed by atoms with van der Waals surface area (Å²) in [7, 11) is 0. The van der Waals surface area contributed by atoms with Crippen LogP contribution in [-0.2, 0) is 9.53 Å². The van der Waals surface area contributed by atoms with Gasteiger partial charge in [0.2, 0.25) is 5.91 Å². The van der Waals surface area contributed by atoms with Gasteiger partial charge in [-0.3, -0.25) is 19.3 Å². The smallest absolute Gasteiger partial charge is 0.270 e. The lowest BCUT2D eigenvalue weighted by atomic mass is 10.2. The first kappa shape index (κ1) is 21.5. The summed E-state index contributed by atoms with van der Waals surface area (Å²) >= 11 is 0.830. The molecule has 1 saturated carbocycles. The van der Waals surface area contributed by atoms with E-state index in [1.165, 1.54) is 4.90 Å². The SMILES string of the molecule is NC(=O)c1nsc(C(=O)N(CCN2CCOCC2)CC(=O)NC2CCCC2)c1N. The molecule has 2 heterocycles. The monoisotopic (exact) mass is 424 g/mol. The third-order valence-corrected chi connectivity index (χ3v) is 6.14. The molecule has 0 atom stereocenters. The molecule has 1 aromatic rings. The number of primary amides is 1. The number of nitrogens with zero attached hydrogens (tertiary/aromatic N) is 3. The minimum Gasteiger partial charge on any atom is -0.395 e. The minimum atomic E-state index is -0.781. The van der Waals surface area contributed by atoms with Gasteiger partial charge < -0.3 is 26.4 Å². The lowest BCUT2D eigenvalue weighted by molar-refractivity contribution is -0.122. The zero-order valence-electron chi connectivity index (χ0n) is 16.4. The van der Waals surface area contributed by atoms with Gasteiger partial charge in [-0.1, -0.05) is 12.8 Å². The van der Waals surface area contributed by atoms with E-state index >= 15 is 0 Å². The summed E-state index contributed by atoms with van der Waals surface area (Å²) in [5.74, 6) is -1.38. The van der Waals surface area contributed by atoms with E-state index in [2.05, 4.69) is 14.6 Å². The van der Waals surface area contributed by atoms with Gasteiger partial charge in [0.1, 0.15) is 4.88 Å². The van der Waals surface area contributed by atoms with Gasteiger partial charge in [-0.2, -0.15) is 4.37 Å². The molecule has 2 fully saturated rings. The molecule has 160 valence electrons. The van der Waals surface area contributed by atoms with E-state index in [-0.39, 0.29) is 34.8 Å². The van der Waals surface area contributed by atoms with Crippen molar-refractivity contribution in [3.8, 4) is 0 Å². The highest BCUT2D eigenvalue weighted by atomic mass is 32.1. The van der Waals surface area contributed by atoms with Crippen LogP contribution >= 0.6 is 11.5 Å². The third-order valence-electron chi connectivity index (χ3n) is 5.29. The molecule has 1 aliphatic heterocycles. The van der Waals surface area contributed by atoms with Crippen LogP contribution in [0.25, 0.3) is 0 Å². The van der Waals surface area contributed by atoms with Crippen molar-refractivity contribution in [3.05, 3.63) is 10.6 Å². The van der Waals surface area contributed by atoms with Crippen LogP contribution in [0.1, 0.15) is 45.8 Å². The summed E-state index contributed by atoms with van der Waals surface area (Å²) in [4.78, 5) is 40.8. The van der Waals surface area contributed by atoms with E-state index in [1.807, 2.05) is 0 Å². The van der Waals surface area contributed by atoms with Gasteiger partial charge in [0.25, 0.3) is 11.8 Å². The summed E-state index contributed by atoms with van der Waals surface area (Å²) in [6.45, 7) is 3.78. The molecule has 5 N–H and O–H groups in total. The molecule has 29 heavy (non-hydrogen) atoms. The average Bonchev–Trinajstić information content (AvgIpc) is 3.34. The predicted octanol–water partition coefficient (Wildman–Crippen LogP) is -0.343. The normalized spacial score (nSPS) is 17.9. The fourth-order valence-corrected chi connectivity index (χ4v) is 4.40. The third kappa shape index (κ3) is 5.64. The number of aromatic nitrogens is 1. The van der Waals surface area contributed by atoms with Crippen molar-refractivity contribution in [1.82, 2.24) is 19.5 Å². The van der Waals surface area contributed by atoms with Crippen LogP contribution in [0.2, 0.25) is 0 Å². The summed E-state index contributed by atoms with van der Waals surface area (Å²) in [6.07, 6.45) is 4.16. The predicted molar refractivity (Wildman–Crippen MR) is 109 cm³/mol. The molecule has 0 radical (unpaired) electrons. The maximum absolute atomic E-state index is 13.1. The first-order valence-electron chi connectivity index (χ1n) is 9.89. The van der Waals surface area contributed by atoms with E-state index in [4.69, 9.17) is 16.2 Å².